The van der Waals surface area contributed by atoms with Crippen molar-refractivity contribution in [1.29, 1.82) is 0 Å². The number of amides is 1. The number of thioether (sulfide) groups is 1. The van der Waals surface area contributed by atoms with E-state index in [0.717, 1.165) is 16.7 Å². The Morgan fingerprint density at radius 1 is 1.03 bits per heavy atom. The maximum atomic E-state index is 12.0. The van der Waals surface area contributed by atoms with Crippen LogP contribution in [-0.2, 0) is 17.2 Å². The fourth-order valence-corrected chi connectivity index (χ4v) is 4.30. The molecule has 1 N–H and O–H groups in total. The first kappa shape index (κ1) is 24.0. The third kappa shape index (κ3) is 7.19. The van der Waals surface area contributed by atoms with E-state index in [-0.39, 0.29) is 11.7 Å². The predicted molar refractivity (Wildman–Crippen MR) is 132 cm³/mol. The Hall–Kier alpha value is -2.67. The Morgan fingerprint density at radius 3 is 2.50 bits per heavy atom. The maximum absolute atomic E-state index is 12.0. The summed E-state index contributed by atoms with van der Waals surface area (Å²) in [7, 11) is 1.58. The third-order valence-electron chi connectivity index (χ3n) is 4.37. The number of benzene rings is 3. The molecule has 8 heteroatoms. The van der Waals surface area contributed by atoms with Gasteiger partial charge in [0.25, 0.3) is 0 Å². The van der Waals surface area contributed by atoms with E-state index in [1.807, 2.05) is 42.5 Å². The van der Waals surface area contributed by atoms with Gasteiger partial charge in [-0.2, -0.15) is 5.10 Å². The molecule has 0 fully saturated rings. The molecule has 0 saturated carbocycles. The van der Waals surface area contributed by atoms with Gasteiger partial charge in [0.1, 0.15) is 6.61 Å². The second-order valence-corrected chi connectivity index (χ2v) is 8.47. The summed E-state index contributed by atoms with van der Waals surface area (Å²) in [5.74, 6) is 1.77. The van der Waals surface area contributed by atoms with Crippen LogP contribution in [0.4, 0.5) is 0 Å². The monoisotopic (exact) mass is 488 g/mol. The number of methoxy groups -OCH3 is 1. The number of hydrogen-bond acceptors (Lipinski definition) is 5. The number of halogens is 2. The topological polar surface area (TPSA) is 59.9 Å². The number of ether oxygens (including phenoxy) is 2. The molecule has 3 aromatic carbocycles. The van der Waals surface area contributed by atoms with Crippen molar-refractivity contribution in [2.24, 2.45) is 5.10 Å². The Labute approximate surface area is 201 Å². The summed E-state index contributed by atoms with van der Waals surface area (Å²) in [6, 6.07) is 20.7. The van der Waals surface area contributed by atoms with Crippen LogP contribution in [0.1, 0.15) is 16.7 Å². The maximum Gasteiger partial charge on any atom is 0.250 e. The number of rotatable bonds is 10. The zero-order chi connectivity index (χ0) is 22.8. The molecular weight excluding hydrogens is 467 g/mol. The van der Waals surface area contributed by atoms with Crippen molar-refractivity contribution in [3.05, 3.63) is 93.5 Å². The van der Waals surface area contributed by atoms with Crippen molar-refractivity contribution in [3.8, 4) is 11.5 Å². The Bertz CT molecular complexity index is 1060. The van der Waals surface area contributed by atoms with Crippen LogP contribution in [0.3, 0.4) is 0 Å². The molecule has 0 unspecified atom stereocenters. The van der Waals surface area contributed by atoms with Gasteiger partial charge < -0.3 is 9.47 Å². The standard InChI is InChI=1S/C24H22Cl2N2O3S/c1-30-23-12-18(10-11-22(23)31-14-17-6-3-2-4-7-17)13-27-28-24(29)16-32-15-19-20(25)8-5-9-21(19)26/h2-13H,14-16H2,1H3,(H,28,29)/b27-13-. The molecule has 3 rings (SSSR count). The molecule has 0 aliphatic carbocycles. The lowest BCUT2D eigenvalue weighted by Crippen LogP contribution is -2.19. The van der Waals surface area contributed by atoms with Crippen LogP contribution in [0.25, 0.3) is 0 Å². The minimum absolute atomic E-state index is 0.218. The van der Waals surface area contributed by atoms with Crippen LogP contribution in [0.5, 0.6) is 11.5 Å². The molecule has 0 aromatic heterocycles. The van der Waals surface area contributed by atoms with Crippen LogP contribution in [0.15, 0.2) is 71.8 Å². The van der Waals surface area contributed by atoms with Gasteiger partial charge in [-0.1, -0.05) is 59.6 Å². The fourth-order valence-electron chi connectivity index (χ4n) is 2.75. The molecule has 0 aliphatic heterocycles. The molecular formula is C24H22Cl2N2O3S. The number of nitrogens with zero attached hydrogens (tertiary/aromatic N) is 1. The van der Waals surface area contributed by atoms with E-state index in [9.17, 15) is 4.79 Å². The van der Waals surface area contributed by atoms with E-state index in [1.165, 1.54) is 11.8 Å². The zero-order valence-corrected chi connectivity index (χ0v) is 19.7. The highest BCUT2D eigenvalue weighted by atomic mass is 35.5. The zero-order valence-electron chi connectivity index (χ0n) is 17.4. The minimum Gasteiger partial charge on any atom is -0.493 e. The average molecular weight is 489 g/mol. The van der Waals surface area contributed by atoms with E-state index < -0.39 is 0 Å². The van der Waals surface area contributed by atoms with Gasteiger partial charge in [0, 0.05) is 15.8 Å². The molecule has 166 valence electrons. The van der Waals surface area contributed by atoms with Gasteiger partial charge in [0.15, 0.2) is 11.5 Å². The molecule has 0 atom stereocenters. The van der Waals surface area contributed by atoms with E-state index in [1.54, 1.807) is 37.6 Å². The van der Waals surface area contributed by atoms with Crippen molar-refractivity contribution in [2.75, 3.05) is 12.9 Å². The second kappa shape index (κ2) is 12.4. The van der Waals surface area contributed by atoms with Crippen molar-refractivity contribution in [1.82, 2.24) is 5.43 Å². The summed E-state index contributed by atoms with van der Waals surface area (Å²) in [5, 5.41) is 5.20. The van der Waals surface area contributed by atoms with Crippen LogP contribution in [-0.4, -0.2) is 25.0 Å². The smallest absolute Gasteiger partial charge is 0.250 e. The highest BCUT2D eigenvalue weighted by Gasteiger charge is 2.08. The van der Waals surface area contributed by atoms with E-state index in [2.05, 4.69) is 10.5 Å². The fraction of sp³-hybridized carbons (Fsp3) is 0.167. The highest BCUT2D eigenvalue weighted by Crippen LogP contribution is 2.29. The first-order chi connectivity index (χ1) is 15.6. The van der Waals surface area contributed by atoms with Gasteiger partial charge in [-0.3, -0.25) is 4.79 Å². The molecule has 0 aliphatic rings. The number of hydrazone groups is 1. The Morgan fingerprint density at radius 2 is 1.78 bits per heavy atom. The van der Waals surface area contributed by atoms with Gasteiger partial charge in [-0.15, -0.1) is 11.8 Å². The molecule has 1 amide bonds. The molecule has 0 spiro atoms. The summed E-state index contributed by atoms with van der Waals surface area (Å²) in [5.41, 5.74) is 5.17. The third-order valence-corrected chi connectivity index (χ3v) is 6.04. The number of carbonyl (C=O) groups is 1. The van der Waals surface area contributed by atoms with Gasteiger partial charge in [0.2, 0.25) is 5.91 Å². The first-order valence-electron chi connectivity index (χ1n) is 9.74. The van der Waals surface area contributed by atoms with Gasteiger partial charge in [-0.05, 0) is 47.0 Å². The summed E-state index contributed by atoms with van der Waals surface area (Å²) < 4.78 is 11.3. The largest absolute Gasteiger partial charge is 0.493 e. The molecule has 0 radical (unpaired) electrons. The molecule has 3 aromatic rings. The summed E-state index contributed by atoms with van der Waals surface area (Å²) in [4.78, 5) is 12.0. The van der Waals surface area contributed by atoms with Gasteiger partial charge >= 0.3 is 0 Å². The van der Waals surface area contributed by atoms with E-state index >= 15 is 0 Å². The SMILES string of the molecule is COc1cc(/C=N\NC(=O)CSCc2c(Cl)cccc2Cl)ccc1OCc1ccccc1. The summed E-state index contributed by atoms with van der Waals surface area (Å²) in [6.07, 6.45) is 1.55. The van der Waals surface area contributed by atoms with Gasteiger partial charge in [0.05, 0.1) is 19.1 Å². The van der Waals surface area contributed by atoms with E-state index in [0.29, 0.717) is 33.9 Å². The number of carbonyl (C=O) groups excluding carboxylic acids is 1. The van der Waals surface area contributed by atoms with Crippen molar-refractivity contribution < 1.29 is 14.3 Å². The Kier molecular flexibility index (Phi) is 9.28. The van der Waals surface area contributed by atoms with Crippen LogP contribution in [0.2, 0.25) is 10.0 Å². The molecule has 0 heterocycles. The molecule has 0 saturated heterocycles. The van der Waals surface area contributed by atoms with E-state index in [4.69, 9.17) is 32.7 Å². The van der Waals surface area contributed by atoms with Gasteiger partial charge in [-0.25, -0.2) is 5.43 Å². The van der Waals surface area contributed by atoms with Crippen molar-refractivity contribution >= 4 is 47.1 Å². The lowest BCUT2D eigenvalue weighted by Gasteiger charge is -2.11. The number of nitrogens with one attached hydrogen (secondary N) is 1. The Balaban J connectivity index is 1.48. The lowest BCUT2D eigenvalue weighted by atomic mass is 10.2. The highest BCUT2D eigenvalue weighted by molar-refractivity contribution is 7.99. The molecule has 0 bridgehead atoms. The second-order valence-electron chi connectivity index (χ2n) is 6.67. The molecule has 32 heavy (non-hydrogen) atoms. The minimum atomic E-state index is -0.218. The predicted octanol–water partition coefficient (Wildman–Crippen LogP) is 5.96. The number of hydrogen-bond donors (Lipinski definition) is 1. The van der Waals surface area contributed by atoms with Crippen LogP contribution in [0, 0.1) is 0 Å². The van der Waals surface area contributed by atoms with Crippen molar-refractivity contribution in [2.45, 2.75) is 12.4 Å². The quantitative estimate of drug-likeness (QED) is 0.282. The summed E-state index contributed by atoms with van der Waals surface area (Å²) >= 11 is 13.7. The lowest BCUT2D eigenvalue weighted by molar-refractivity contribution is -0.118. The normalized spacial score (nSPS) is 10.8. The van der Waals surface area contributed by atoms with Crippen LogP contribution < -0.4 is 14.9 Å². The summed E-state index contributed by atoms with van der Waals surface area (Å²) in [6.45, 7) is 0.442. The molecule has 5 nitrogen and oxygen atoms in total. The average Bonchev–Trinajstić information content (AvgIpc) is 2.80. The first-order valence-corrected chi connectivity index (χ1v) is 11.6. The van der Waals surface area contributed by atoms with Crippen molar-refractivity contribution in [3.63, 3.8) is 0 Å². The van der Waals surface area contributed by atoms with Crippen LogP contribution >= 0.6 is 35.0 Å².